The fourth-order valence-corrected chi connectivity index (χ4v) is 7.03. The van der Waals surface area contributed by atoms with Gasteiger partial charge in [0.05, 0.1) is 16.1 Å². The number of allylic oxidation sites excluding steroid dienone is 3. The largest absolute Gasteiger partial charge is 0.362 e. The highest BCUT2D eigenvalue weighted by atomic mass is 32.2. The molecule has 1 aliphatic carbocycles. The van der Waals surface area contributed by atoms with Crippen molar-refractivity contribution in [2.75, 3.05) is 11.6 Å². The number of aromatic nitrogens is 1. The summed E-state index contributed by atoms with van der Waals surface area (Å²) in [6.07, 6.45) is 6.53. The third-order valence-corrected chi connectivity index (χ3v) is 8.82. The number of thiophene rings is 1. The number of carbonyl (C=O) groups excluding carboxylic acids is 2. The van der Waals surface area contributed by atoms with Gasteiger partial charge in [0, 0.05) is 46.0 Å². The Morgan fingerprint density at radius 1 is 1.14 bits per heavy atom. The van der Waals surface area contributed by atoms with Crippen LogP contribution in [0.1, 0.15) is 47.6 Å². The topological polar surface area (TPSA) is 71.1 Å². The minimum absolute atomic E-state index is 0.104. The molecule has 0 spiro atoms. The maximum Gasteiger partial charge on any atom is 0.254 e. The number of anilines is 1. The van der Waals surface area contributed by atoms with Crippen LogP contribution in [0.5, 0.6) is 0 Å². The van der Waals surface area contributed by atoms with Gasteiger partial charge >= 0.3 is 0 Å². The van der Waals surface area contributed by atoms with Crippen LogP contribution in [0.25, 0.3) is 0 Å². The van der Waals surface area contributed by atoms with Crippen LogP contribution in [0, 0.1) is 6.92 Å². The van der Waals surface area contributed by atoms with E-state index in [0.29, 0.717) is 17.7 Å². The van der Waals surface area contributed by atoms with Gasteiger partial charge < -0.3 is 10.6 Å². The molecule has 3 aromatic rings. The van der Waals surface area contributed by atoms with Gasteiger partial charge in [0.15, 0.2) is 5.78 Å². The summed E-state index contributed by atoms with van der Waals surface area (Å²) in [5.74, 6) is -0.390. The van der Waals surface area contributed by atoms with Crippen LogP contribution in [0.3, 0.4) is 0 Å². The summed E-state index contributed by atoms with van der Waals surface area (Å²) in [5, 5.41) is 6.46. The standard InChI is InChI=1S/C28H27N3O2S2/c1-16-12-21(28(34-3)35-16)25-24(27(33)31-20-10-7-11-29-15-20)17(2)30-22-13-19(14-23(32)26(22)25)18-8-5-4-6-9-18/h4-12,15,19,25,30H,13-14H2,1-3H3,(H,31,33)/t19-,25-/m0/s1. The van der Waals surface area contributed by atoms with Crippen molar-refractivity contribution in [3.05, 3.63) is 99.5 Å². The van der Waals surface area contributed by atoms with Gasteiger partial charge in [0.2, 0.25) is 0 Å². The fraction of sp³-hybridized carbons (Fsp3) is 0.250. The number of Topliss-reactive ketones (excluding diaryl/α,β-unsaturated/α-hetero) is 1. The molecular formula is C28H27N3O2S2. The first kappa shape index (κ1) is 23.6. The predicted octanol–water partition coefficient (Wildman–Crippen LogP) is 6.17. The summed E-state index contributed by atoms with van der Waals surface area (Å²) in [7, 11) is 0. The van der Waals surface area contributed by atoms with Gasteiger partial charge in [0.25, 0.3) is 5.91 Å². The second kappa shape index (κ2) is 9.84. The monoisotopic (exact) mass is 501 g/mol. The van der Waals surface area contributed by atoms with Gasteiger partial charge in [-0.15, -0.1) is 23.1 Å². The maximum atomic E-state index is 13.8. The van der Waals surface area contributed by atoms with E-state index >= 15 is 0 Å². The number of amides is 1. The van der Waals surface area contributed by atoms with Gasteiger partial charge in [-0.05, 0) is 61.8 Å². The molecule has 2 atom stereocenters. The minimum atomic E-state index is -0.403. The van der Waals surface area contributed by atoms with E-state index in [0.717, 1.165) is 33.2 Å². The molecule has 0 radical (unpaired) electrons. The van der Waals surface area contributed by atoms with Crippen LogP contribution in [-0.4, -0.2) is 22.9 Å². The molecule has 35 heavy (non-hydrogen) atoms. The zero-order valence-corrected chi connectivity index (χ0v) is 21.6. The molecule has 2 aliphatic rings. The quantitative estimate of drug-likeness (QED) is 0.409. The van der Waals surface area contributed by atoms with E-state index in [-0.39, 0.29) is 17.6 Å². The van der Waals surface area contributed by atoms with Gasteiger partial charge in [-0.25, -0.2) is 0 Å². The second-order valence-corrected chi connectivity index (χ2v) is 11.3. The van der Waals surface area contributed by atoms with Crippen LogP contribution in [0.15, 0.2) is 87.7 Å². The molecule has 1 amide bonds. The number of hydrogen-bond acceptors (Lipinski definition) is 6. The summed E-state index contributed by atoms with van der Waals surface area (Å²) >= 11 is 3.38. The number of aryl methyl sites for hydroxylation is 1. The van der Waals surface area contributed by atoms with Crippen molar-refractivity contribution in [1.82, 2.24) is 10.3 Å². The fourth-order valence-electron chi connectivity index (χ4n) is 5.12. The molecule has 7 heteroatoms. The summed E-state index contributed by atoms with van der Waals surface area (Å²) < 4.78 is 1.14. The highest BCUT2D eigenvalue weighted by molar-refractivity contribution is 8.00. The lowest BCUT2D eigenvalue weighted by Gasteiger charge is -2.37. The van der Waals surface area contributed by atoms with Gasteiger partial charge in [-0.2, -0.15) is 0 Å². The summed E-state index contributed by atoms with van der Waals surface area (Å²) in [4.78, 5) is 32.7. The first-order chi connectivity index (χ1) is 17.0. The Kier molecular flexibility index (Phi) is 6.62. The Hall–Kier alpha value is -3.16. The van der Waals surface area contributed by atoms with Crippen molar-refractivity contribution in [3.63, 3.8) is 0 Å². The lowest BCUT2D eigenvalue weighted by atomic mass is 9.72. The lowest BCUT2D eigenvalue weighted by Crippen LogP contribution is -2.37. The molecule has 0 saturated heterocycles. The molecule has 0 bridgehead atoms. The van der Waals surface area contributed by atoms with Crippen LogP contribution < -0.4 is 10.6 Å². The smallest absolute Gasteiger partial charge is 0.254 e. The van der Waals surface area contributed by atoms with E-state index in [4.69, 9.17) is 0 Å². The number of dihydropyridines is 1. The van der Waals surface area contributed by atoms with Crippen LogP contribution in [-0.2, 0) is 9.59 Å². The van der Waals surface area contributed by atoms with Crippen LogP contribution in [0.2, 0.25) is 0 Å². The van der Waals surface area contributed by atoms with E-state index in [9.17, 15) is 9.59 Å². The molecule has 2 N–H and O–H groups in total. The summed E-state index contributed by atoms with van der Waals surface area (Å²) in [6.45, 7) is 4.01. The Morgan fingerprint density at radius 2 is 1.94 bits per heavy atom. The third-order valence-electron chi connectivity index (χ3n) is 6.61. The molecule has 5 nitrogen and oxygen atoms in total. The van der Waals surface area contributed by atoms with E-state index < -0.39 is 5.92 Å². The van der Waals surface area contributed by atoms with Crippen molar-refractivity contribution < 1.29 is 9.59 Å². The van der Waals surface area contributed by atoms with Crippen LogP contribution >= 0.6 is 23.1 Å². The van der Waals surface area contributed by atoms with Crippen molar-refractivity contribution in [2.24, 2.45) is 0 Å². The van der Waals surface area contributed by atoms with Crippen molar-refractivity contribution in [2.45, 2.75) is 42.7 Å². The molecule has 3 heterocycles. The Morgan fingerprint density at radius 3 is 2.66 bits per heavy atom. The van der Waals surface area contributed by atoms with Gasteiger partial charge in [-0.1, -0.05) is 30.3 Å². The van der Waals surface area contributed by atoms with E-state index in [1.807, 2.05) is 37.4 Å². The highest BCUT2D eigenvalue weighted by Gasteiger charge is 2.42. The lowest BCUT2D eigenvalue weighted by molar-refractivity contribution is -0.116. The maximum absolute atomic E-state index is 13.8. The molecule has 1 aliphatic heterocycles. The highest BCUT2D eigenvalue weighted by Crippen LogP contribution is 2.49. The summed E-state index contributed by atoms with van der Waals surface area (Å²) in [6, 6.07) is 16.0. The zero-order valence-electron chi connectivity index (χ0n) is 19.9. The first-order valence-corrected chi connectivity index (χ1v) is 13.6. The van der Waals surface area contributed by atoms with E-state index in [1.54, 1.807) is 41.6 Å². The summed E-state index contributed by atoms with van der Waals surface area (Å²) in [5.41, 5.74) is 5.88. The number of thioether (sulfide) groups is 1. The number of ketones is 1. The normalized spacial score (nSPS) is 19.9. The molecule has 2 aromatic heterocycles. The van der Waals surface area contributed by atoms with Crippen LogP contribution in [0.4, 0.5) is 5.69 Å². The minimum Gasteiger partial charge on any atom is -0.362 e. The number of benzene rings is 1. The Balaban J connectivity index is 1.60. The number of nitrogens with zero attached hydrogens (tertiary/aromatic N) is 1. The molecular weight excluding hydrogens is 474 g/mol. The average molecular weight is 502 g/mol. The Bertz CT molecular complexity index is 1340. The van der Waals surface area contributed by atoms with E-state index in [2.05, 4.69) is 40.7 Å². The zero-order chi connectivity index (χ0) is 24.5. The number of pyridine rings is 1. The third kappa shape index (κ3) is 4.58. The van der Waals surface area contributed by atoms with Crippen molar-refractivity contribution >= 4 is 40.5 Å². The number of nitrogens with one attached hydrogen (secondary N) is 2. The molecule has 1 aromatic carbocycles. The first-order valence-electron chi connectivity index (χ1n) is 11.6. The predicted molar refractivity (Wildman–Crippen MR) is 143 cm³/mol. The molecule has 0 fully saturated rings. The number of hydrogen-bond donors (Lipinski definition) is 2. The molecule has 0 unspecified atom stereocenters. The Labute approximate surface area is 213 Å². The molecule has 0 saturated carbocycles. The van der Waals surface area contributed by atoms with Gasteiger partial charge in [-0.3, -0.25) is 14.6 Å². The number of rotatable bonds is 5. The number of carbonyl (C=O) groups is 2. The van der Waals surface area contributed by atoms with E-state index in [1.165, 1.54) is 10.4 Å². The van der Waals surface area contributed by atoms with Crippen molar-refractivity contribution in [3.8, 4) is 0 Å². The molecule has 5 rings (SSSR count). The van der Waals surface area contributed by atoms with Crippen molar-refractivity contribution in [1.29, 1.82) is 0 Å². The molecule has 178 valence electrons. The SMILES string of the molecule is CSc1sc(C)cc1[C@H]1C(C(=O)Nc2cccnc2)=C(C)NC2=C1C(=O)C[C@@H](c1ccccc1)C2. The second-order valence-electron chi connectivity index (χ2n) is 8.93. The average Bonchev–Trinajstić information content (AvgIpc) is 3.24. The van der Waals surface area contributed by atoms with Gasteiger partial charge in [0.1, 0.15) is 0 Å².